The lowest BCUT2D eigenvalue weighted by Crippen LogP contribution is -2.33. The number of rotatable bonds is 8. The van der Waals surface area contributed by atoms with Crippen molar-refractivity contribution in [2.24, 2.45) is 0 Å². The molecular formula is C20H21N3O2S3. The predicted molar refractivity (Wildman–Crippen MR) is 115 cm³/mol. The van der Waals surface area contributed by atoms with E-state index in [4.69, 9.17) is 0 Å². The molecule has 146 valence electrons. The van der Waals surface area contributed by atoms with Gasteiger partial charge in [-0.25, -0.2) is 4.98 Å². The zero-order valence-electron chi connectivity index (χ0n) is 15.4. The van der Waals surface area contributed by atoms with Gasteiger partial charge in [-0.1, -0.05) is 12.1 Å². The number of thiazole rings is 1. The first-order chi connectivity index (χ1) is 13.7. The molecule has 1 fully saturated rings. The summed E-state index contributed by atoms with van der Waals surface area (Å²) >= 11 is 4.84. The monoisotopic (exact) mass is 431 g/mol. The van der Waals surface area contributed by atoms with Crippen molar-refractivity contribution in [1.29, 1.82) is 0 Å². The minimum Gasteiger partial charge on any atom is -0.337 e. The molecule has 1 saturated heterocycles. The predicted octanol–water partition coefficient (Wildman–Crippen LogP) is 4.21. The molecule has 0 radical (unpaired) electrons. The van der Waals surface area contributed by atoms with Crippen molar-refractivity contribution >= 4 is 51.0 Å². The molecule has 0 saturated carbocycles. The zero-order valence-corrected chi connectivity index (χ0v) is 17.8. The van der Waals surface area contributed by atoms with Crippen molar-refractivity contribution in [2.75, 3.05) is 18.0 Å². The van der Waals surface area contributed by atoms with E-state index in [0.29, 0.717) is 24.6 Å². The molecule has 3 aromatic rings. The van der Waals surface area contributed by atoms with E-state index in [9.17, 15) is 9.59 Å². The van der Waals surface area contributed by atoms with Crippen LogP contribution in [0.1, 0.15) is 28.3 Å². The topological polar surface area (TPSA) is 53.5 Å². The highest BCUT2D eigenvalue weighted by Gasteiger charge is 2.25. The minimum atomic E-state index is 0.0783. The minimum absolute atomic E-state index is 0.0783. The van der Waals surface area contributed by atoms with E-state index in [1.165, 1.54) is 21.1 Å². The van der Waals surface area contributed by atoms with Crippen LogP contribution in [0.2, 0.25) is 0 Å². The molecule has 0 spiro atoms. The summed E-state index contributed by atoms with van der Waals surface area (Å²) in [6.45, 7) is 2.05. The van der Waals surface area contributed by atoms with Gasteiger partial charge in [0.2, 0.25) is 11.8 Å². The van der Waals surface area contributed by atoms with E-state index in [1.54, 1.807) is 27.6 Å². The second-order valence-electron chi connectivity index (χ2n) is 6.67. The van der Waals surface area contributed by atoms with Gasteiger partial charge in [-0.2, -0.15) is 0 Å². The van der Waals surface area contributed by atoms with Crippen LogP contribution in [-0.2, 0) is 29.0 Å². The molecule has 1 aliphatic heterocycles. The number of amides is 2. The molecule has 0 unspecified atom stereocenters. The Morgan fingerprint density at radius 1 is 1.14 bits per heavy atom. The molecule has 0 aromatic carbocycles. The van der Waals surface area contributed by atoms with Crippen molar-refractivity contribution in [3.8, 4) is 0 Å². The fourth-order valence-corrected chi connectivity index (χ4v) is 5.49. The summed E-state index contributed by atoms with van der Waals surface area (Å²) < 4.78 is 0. The Labute approximate surface area is 176 Å². The first-order valence-electron chi connectivity index (χ1n) is 9.26. The first-order valence-corrected chi connectivity index (χ1v) is 11.9. The van der Waals surface area contributed by atoms with Crippen LogP contribution in [0.5, 0.6) is 0 Å². The van der Waals surface area contributed by atoms with E-state index in [1.807, 2.05) is 27.8 Å². The summed E-state index contributed by atoms with van der Waals surface area (Å²) in [7, 11) is 0. The summed E-state index contributed by atoms with van der Waals surface area (Å²) in [5, 5.41) is 6.73. The van der Waals surface area contributed by atoms with Gasteiger partial charge in [0, 0.05) is 34.6 Å². The first kappa shape index (κ1) is 19.3. The maximum Gasteiger partial charge on any atom is 0.228 e. The van der Waals surface area contributed by atoms with Gasteiger partial charge in [0.05, 0.1) is 18.7 Å². The molecular weight excluding hydrogens is 410 g/mol. The molecule has 4 rings (SSSR count). The van der Waals surface area contributed by atoms with Crippen LogP contribution in [0.15, 0.2) is 40.4 Å². The highest BCUT2D eigenvalue weighted by Crippen LogP contribution is 2.26. The Hall–Kier alpha value is -2.03. The number of aromatic nitrogens is 1. The third-order valence-corrected chi connectivity index (χ3v) is 7.37. The summed E-state index contributed by atoms with van der Waals surface area (Å²) in [5.74, 6) is 0.206. The molecule has 5 nitrogen and oxygen atoms in total. The van der Waals surface area contributed by atoms with Crippen molar-refractivity contribution in [1.82, 2.24) is 9.88 Å². The molecule has 2 amide bonds. The van der Waals surface area contributed by atoms with Gasteiger partial charge in [0.25, 0.3) is 0 Å². The molecule has 0 atom stereocenters. The molecule has 0 bridgehead atoms. The van der Waals surface area contributed by atoms with Gasteiger partial charge < -0.3 is 4.90 Å². The third-order valence-electron chi connectivity index (χ3n) is 4.66. The van der Waals surface area contributed by atoms with Gasteiger partial charge in [-0.3, -0.25) is 14.5 Å². The molecule has 8 heteroatoms. The van der Waals surface area contributed by atoms with E-state index >= 15 is 0 Å². The maximum absolute atomic E-state index is 13.0. The summed E-state index contributed by atoms with van der Waals surface area (Å²) in [6.07, 6.45) is 2.60. The Balaban J connectivity index is 1.42. The van der Waals surface area contributed by atoms with Crippen LogP contribution in [-0.4, -0.2) is 34.8 Å². The average molecular weight is 432 g/mol. The number of anilines is 1. The van der Waals surface area contributed by atoms with Gasteiger partial charge in [-0.15, -0.1) is 34.0 Å². The second-order valence-corrected chi connectivity index (χ2v) is 9.57. The molecule has 0 aliphatic carbocycles. The highest BCUT2D eigenvalue weighted by molar-refractivity contribution is 7.14. The lowest BCUT2D eigenvalue weighted by Gasteiger charge is -2.21. The normalized spacial score (nSPS) is 14.0. The Morgan fingerprint density at radius 2 is 1.93 bits per heavy atom. The van der Waals surface area contributed by atoms with Crippen molar-refractivity contribution < 1.29 is 9.59 Å². The second kappa shape index (κ2) is 8.98. The van der Waals surface area contributed by atoms with E-state index in [0.717, 1.165) is 25.1 Å². The molecule has 1 aliphatic rings. The van der Waals surface area contributed by atoms with Gasteiger partial charge >= 0.3 is 0 Å². The lowest BCUT2D eigenvalue weighted by atomic mass is 10.2. The summed E-state index contributed by atoms with van der Waals surface area (Å²) in [4.78, 5) is 35.6. The molecule has 28 heavy (non-hydrogen) atoms. The molecule has 0 N–H and O–H groups in total. The van der Waals surface area contributed by atoms with Crippen LogP contribution in [0, 0.1) is 0 Å². The number of carbonyl (C=O) groups excluding carboxylic acids is 2. The SMILES string of the molecule is O=C(Cc1csc(N2CCCC2=O)n1)N(CCc1cccs1)Cc1cccs1. The number of nitrogens with zero attached hydrogens (tertiary/aromatic N) is 3. The quantitative estimate of drug-likeness (QED) is 0.537. The highest BCUT2D eigenvalue weighted by atomic mass is 32.1. The van der Waals surface area contributed by atoms with Gasteiger partial charge in [0.1, 0.15) is 0 Å². The van der Waals surface area contributed by atoms with Crippen LogP contribution in [0.25, 0.3) is 0 Å². The van der Waals surface area contributed by atoms with Crippen molar-refractivity contribution in [3.05, 3.63) is 55.9 Å². The van der Waals surface area contributed by atoms with Crippen LogP contribution >= 0.6 is 34.0 Å². The Morgan fingerprint density at radius 3 is 2.61 bits per heavy atom. The average Bonchev–Trinajstić information content (AvgIpc) is 3.46. The smallest absolute Gasteiger partial charge is 0.228 e. The molecule has 3 aromatic heterocycles. The summed E-state index contributed by atoms with van der Waals surface area (Å²) in [6, 6.07) is 8.23. The van der Waals surface area contributed by atoms with Gasteiger partial charge in [0.15, 0.2) is 5.13 Å². The van der Waals surface area contributed by atoms with E-state index in [-0.39, 0.29) is 18.2 Å². The van der Waals surface area contributed by atoms with Crippen LogP contribution < -0.4 is 4.90 Å². The molecule has 4 heterocycles. The number of carbonyl (C=O) groups is 2. The van der Waals surface area contributed by atoms with Crippen LogP contribution in [0.3, 0.4) is 0 Å². The van der Waals surface area contributed by atoms with Crippen LogP contribution in [0.4, 0.5) is 5.13 Å². The zero-order chi connectivity index (χ0) is 19.3. The van der Waals surface area contributed by atoms with Crippen molar-refractivity contribution in [2.45, 2.75) is 32.2 Å². The maximum atomic E-state index is 13.0. The number of hydrogen-bond acceptors (Lipinski definition) is 6. The Bertz CT molecular complexity index is 919. The number of hydrogen-bond donors (Lipinski definition) is 0. The summed E-state index contributed by atoms with van der Waals surface area (Å²) in [5.41, 5.74) is 0.747. The van der Waals surface area contributed by atoms with E-state index in [2.05, 4.69) is 22.5 Å². The fourth-order valence-electron chi connectivity index (χ4n) is 3.20. The largest absolute Gasteiger partial charge is 0.337 e. The number of thiophene rings is 2. The lowest BCUT2D eigenvalue weighted by molar-refractivity contribution is -0.131. The van der Waals surface area contributed by atoms with E-state index < -0.39 is 0 Å². The standard InChI is InChI=1S/C20H21N3O2S3/c24-18-6-1-8-23(18)20-21-15(14-28-20)12-19(25)22(13-17-5-3-11-27-17)9-7-16-4-2-10-26-16/h2-5,10-11,14H,1,6-9,12-13H2. The van der Waals surface area contributed by atoms with Gasteiger partial charge in [-0.05, 0) is 35.7 Å². The van der Waals surface area contributed by atoms with Crippen molar-refractivity contribution in [3.63, 3.8) is 0 Å². The third kappa shape index (κ3) is 4.68. The fraction of sp³-hybridized carbons (Fsp3) is 0.350. The Kier molecular flexibility index (Phi) is 6.19.